The number of benzene rings is 3. The molecule has 0 aliphatic carbocycles. The molecule has 3 aromatic carbocycles. The van der Waals surface area contributed by atoms with Crippen LogP contribution in [0, 0.1) is 6.92 Å². The number of thioether (sulfide) groups is 1. The van der Waals surface area contributed by atoms with Gasteiger partial charge in [-0.3, -0.25) is 9.69 Å². The molecule has 0 bridgehead atoms. The molecule has 3 aromatic rings. The van der Waals surface area contributed by atoms with Gasteiger partial charge in [-0.2, -0.15) is 0 Å². The minimum atomic E-state index is -0.999. The first-order chi connectivity index (χ1) is 16.7. The largest absolute Gasteiger partial charge is 0.487 e. The average molecular weight is 616 g/mol. The molecule has 178 valence electrons. The predicted octanol–water partition coefficient (Wildman–Crippen LogP) is 7.03. The summed E-state index contributed by atoms with van der Waals surface area (Å²) < 4.78 is 7.56. The van der Waals surface area contributed by atoms with E-state index in [0.29, 0.717) is 28.1 Å². The molecule has 0 radical (unpaired) electrons. The topological polar surface area (TPSA) is 79.2 Å². The number of halogens is 2. The van der Waals surface area contributed by atoms with Gasteiger partial charge in [0.15, 0.2) is 5.17 Å². The third kappa shape index (κ3) is 6.04. The van der Waals surface area contributed by atoms with Crippen molar-refractivity contribution >= 4 is 72.4 Å². The summed E-state index contributed by atoms with van der Waals surface area (Å²) in [5.74, 6) is -0.480. The van der Waals surface area contributed by atoms with Gasteiger partial charge in [-0.1, -0.05) is 29.8 Å². The molecule has 6 nitrogen and oxygen atoms in total. The Morgan fingerprint density at radius 1 is 1.11 bits per heavy atom. The molecule has 35 heavy (non-hydrogen) atoms. The third-order valence-electron chi connectivity index (χ3n) is 5.13. The summed E-state index contributed by atoms with van der Waals surface area (Å²) in [6, 6.07) is 18.1. The van der Waals surface area contributed by atoms with E-state index in [1.54, 1.807) is 25.3 Å². The van der Waals surface area contributed by atoms with Crippen LogP contribution in [0.1, 0.15) is 27.0 Å². The van der Waals surface area contributed by atoms with E-state index in [9.17, 15) is 9.59 Å². The van der Waals surface area contributed by atoms with Crippen molar-refractivity contribution in [1.29, 1.82) is 0 Å². The average Bonchev–Trinajstić information content (AvgIpc) is 3.06. The van der Waals surface area contributed by atoms with E-state index in [1.807, 2.05) is 37.3 Å². The Kier molecular flexibility index (Phi) is 7.78. The molecule has 0 saturated carbocycles. The highest BCUT2D eigenvalue weighted by atomic mass is 79.9. The zero-order valence-corrected chi connectivity index (χ0v) is 22.8. The summed E-state index contributed by atoms with van der Waals surface area (Å²) >= 11 is 8.43. The van der Waals surface area contributed by atoms with Crippen LogP contribution < -0.4 is 4.74 Å². The Bertz CT molecular complexity index is 1350. The van der Waals surface area contributed by atoms with Crippen LogP contribution in [0.2, 0.25) is 0 Å². The van der Waals surface area contributed by atoms with Gasteiger partial charge < -0.3 is 9.84 Å². The van der Waals surface area contributed by atoms with Crippen molar-refractivity contribution in [3.05, 3.63) is 96.8 Å². The van der Waals surface area contributed by atoms with Gasteiger partial charge >= 0.3 is 5.97 Å². The number of hydrogen-bond donors (Lipinski definition) is 1. The first kappa shape index (κ1) is 25.2. The number of rotatable bonds is 6. The van der Waals surface area contributed by atoms with Gasteiger partial charge in [-0.25, -0.2) is 9.79 Å². The zero-order valence-electron chi connectivity index (χ0n) is 18.8. The summed E-state index contributed by atoms with van der Waals surface area (Å²) in [6.07, 6.45) is 1.80. The molecule has 1 saturated heterocycles. The number of aryl methyl sites for hydroxylation is 1. The second-order valence-corrected chi connectivity index (χ2v) is 10.5. The number of carbonyl (C=O) groups excluding carboxylic acids is 1. The van der Waals surface area contributed by atoms with E-state index in [4.69, 9.17) is 9.84 Å². The van der Waals surface area contributed by atoms with E-state index >= 15 is 0 Å². The number of aliphatic imine (C=N–C) groups is 1. The van der Waals surface area contributed by atoms with Crippen molar-refractivity contribution in [3.63, 3.8) is 0 Å². The lowest BCUT2D eigenvalue weighted by molar-refractivity contribution is -0.121. The van der Waals surface area contributed by atoms with Crippen LogP contribution in [0.25, 0.3) is 6.08 Å². The maximum atomic E-state index is 12.8. The quantitative estimate of drug-likeness (QED) is 0.301. The second-order valence-electron chi connectivity index (χ2n) is 7.81. The van der Waals surface area contributed by atoms with Crippen molar-refractivity contribution in [2.45, 2.75) is 13.5 Å². The molecular weight excluding hydrogens is 596 g/mol. The highest BCUT2D eigenvalue weighted by Gasteiger charge is 2.30. The Hall–Kier alpha value is -2.88. The standard InChI is InChI=1S/C26H20Br2N2O4S/c1-15-4-3-5-16(10-15)14-34-23-20(27)11-17(12-21(23)28)13-22-24(31)30(2)26(35-22)29-19-8-6-18(7-9-19)25(32)33/h3-13H,14H2,1-2H3,(H,32,33)/b22-13-,29-26?. The van der Waals surface area contributed by atoms with Crippen molar-refractivity contribution in [2.24, 2.45) is 4.99 Å². The van der Waals surface area contributed by atoms with Crippen LogP contribution in [-0.2, 0) is 11.4 Å². The minimum absolute atomic E-state index is 0.164. The molecule has 1 heterocycles. The summed E-state index contributed by atoms with van der Waals surface area (Å²) in [5, 5.41) is 9.56. The number of carboxylic acids is 1. The van der Waals surface area contributed by atoms with Gasteiger partial charge in [0.25, 0.3) is 5.91 Å². The van der Waals surface area contributed by atoms with Crippen molar-refractivity contribution in [3.8, 4) is 5.75 Å². The van der Waals surface area contributed by atoms with Crippen LogP contribution in [0.5, 0.6) is 5.75 Å². The van der Waals surface area contributed by atoms with E-state index < -0.39 is 5.97 Å². The molecular formula is C26H20Br2N2O4S. The monoisotopic (exact) mass is 614 g/mol. The normalized spacial score (nSPS) is 15.8. The fourth-order valence-electron chi connectivity index (χ4n) is 3.35. The Morgan fingerprint density at radius 3 is 2.43 bits per heavy atom. The number of hydrogen-bond acceptors (Lipinski definition) is 5. The first-order valence-electron chi connectivity index (χ1n) is 10.5. The Labute approximate surface area is 224 Å². The zero-order chi connectivity index (χ0) is 25.1. The summed E-state index contributed by atoms with van der Waals surface area (Å²) in [7, 11) is 1.66. The fraction of sp³-hybridized carbons (Fsp3) is 0.115. The summed E-state index contributed by atoms with van der Waals surface area (Å²) in [5.41, 5.74) is 3.83. The first-order valence-corrected chi connectivity index (χ1v) is 12.9. The third-order valence-corrected chi connectivity index (χ3v) is 7.36. The molecule has 1 N–H and O–H groups in total. The summed E-state index contributed by atoms with van der Waals surface area (Å²) in [4.78, 5) is 30.4. The molecule has 4 rings (SSSR count). The summed E-state index contributed by atoms with van der Waals surface area (Å²) in [6.45, 7) is 2.48. The minimum Gasteiger partial charge on any atom is -0.487 e. The molecule has 0 spiro atoms. The predicted molar refractivity (Wildman–Crippen MR) is 146 cm³/mol. The molecule has 0 aromatic heterocycles. The van der Waals surface area contributed by atoms with E-state index in [-0.39, 0.29) is 11.5 Å². The molecule has 9 heteroatoms. The van der Waals surface area contributed by atoms with E-state index in [0.717, 1.165) is 20.1 Å². The van der Waals surface area contributed by atoms with Crippen LogP contribution in [0.4, 0.5) is 5.69 Å². The number of nitrogens with zero attached hydrogens (tertiary/aromatic N) is 2. The Balaban J connectivity index is 1.52. The van der Waals surface area contributed by atoms with Gasteiger partial charge in [-0.15, -0.1) is 0 Å². The number of aromatic carboxylic acids is 1. The van der Waals surface area contributed by atoms with Crippen molar-refractivity contribution in [2.75, 3.05) is 7.05 Å². The number of carbonyl (C=O) groups is 2. The number of carboxylic acid groups (broad SMARTS) is 1. The molecule has 0 atom stereocenters. The van der Waals surface area contributed by atoms with Gasteiger partial charge in [0.2, 0.25) is 0 Å². The Morgan fingerprint density at radius 2 is 1.80 bits per heavy atom. The van der Waals surface area contributed by atoms with Gasteiger partial charge in [0.05, 0.1) is 25.1 Å². The van der Waals surface area contributed by atoms with Crippen LogP contribution >= 0.6 is 43.6 Å². The lowest BCUT2D eigenvalue weighted by Gasteiger charge is -2.12. The molecule has 1 fully saturated rings. The van der Waals surface area contributed by atoms with Gasteiger partial charge in [0.1, 0.15) is 12.4 Å². The molecule has 1 aliphatic heterocycles. The maximum absolute atomic E-state index is 12.8. The number of ether oxygens (including phenoxy) is 1. The van der Waals surface area contributed by atoms with Crippen LogP contribution in [0.3, 0.4) is 0 Å². The van der Waals surface area contributed by atoms with Crippen LogP contribution in [0.15, 0.2) is 79.5 Å². The molecule has 1 aliphatic rings. The van der Waals surface area contributed by atoms with Crippen molar-refractivity contribution < 1.29 is 19.4 Å². The maximum Gasteiger partial charge on any atom is 0.335 e. The fourth-order valence-corrected chi connectivity index (χ4v) is 5.79. The molecule has 0 unspecified atom stereocenters. The van der Waals surface area contributed by atoms with Gasteiger partial charge in [0, 0.05) is 7.05 Å². The highest BCUT2D eigenvalue weighted by Crippen LogP contribution is 2.38. The lowest BCUT2D eigenvalue weighted by Crippen LogP contribution is -2.23. The number of amides is 1. The van der Waals surface area contributed by atoms with E-state index in [1.165, 1.54) is 34.4 Å². The molecule has 1 amide bonds. The number of likely N-dealkylation sites (N-methyl/N-ethyl adjacent to an activating group) is 1. The SMILES string of the molecule is Cc1cccc(COc2c(Br)cc(/C=C3\SC(=Nc4ccc(C(=O)O)cc4)N(C)C3=O)cc2Br)c1. The van der Waals surface area contributed by atoms with E-state index in [2.05, 4.69) is 42.9 Å². The van der Waals surface area contributed by atoms with Crippen molar-refractivity contribution in [1.82, 2.24) is 4.90 Å². The van der Waals surface area contributed by atoms with Gasteiger partial charge in [-0.05, 0) is 104 Å². The number of amidine groups is 1. The lowest BCUT2D eigenvalue weighted by atomic mass is 10.1. The van der Waals surface area contributed by atoms with Crippen LogP contribution in [-0.4, -0.2) is 34.1 Å². The highest BCUT2D eigenvalue weighted by molar-refractivity contribution is 9.11. The smallest absolute Gasteiger partial charge is 0.335 e. The second kappa shape index (κ2) is 10.8.